The zero-order chi connectivity index (χ0) is 52.9. The van der Waals surface area contributed by atoms with E-state index in [4.69, 9.17) is 0 Å². The van der Waals surface area contributed by atoms with E-state index in [-0.39, 0.29) is 0 Å². The van der Waals surface area contributed by atoms with Crippen LogP contribution in [0.2, 0.25) is 0 Å². The number of nitrogens with zero attached hydrogens (tertiary/aromatic N) is 2. The van der Waals surface area contributed by atoms with Crippen LogP contribution in [0, 0.1) is 0 Å². The molecular weight excluding hydrogens is 965 g/mol. The molecule has 15 aromatic rings. The average Bonchev–Trinajstić information content (AvgIpc) is 3.60. The molecule has 0 heterocycles. The van der Waals surface area contributed by atoms with Gasteiger partial charge < -0.3 is 9.80 Å². The van der Waals surface area contributed by atoms with Gasteiger partial charge in [-0.3, -0.25) is 0 Å². The van der Waals surface area contributed by atoms with Gasteiger partial charge in [0, 0.05) is 34.1 Å². The maximum atomic E-state index is 2.44. The van der Waals surface area contributed by atoms with Gasteiger partial charge in [-0.15, -0.1) is 0 Å². The van der Waals surface area contributed by atoms with Gasteiger partial charge in [-0.2, -0.15) is 0 Å². The summed E-state index contributed by atoms with van der Waals surface area (Å²) in [5, 5.41) is 15.0. The monoisotopic (exact) mass is 1020 g/mol. The number of anilines is 6. The maximum Gasteiger partial charge on any atom is 0.0462 e. The van der Waals surface area contributed by atoms with Crippen molar-refractivity contribution in [3.63, 3.8) is 0 Å². The molecule has 0 radical (unpaired) electrons. The molecule has 0 fully saturated rings. The summed E-state index contributed by atoms with van der Waals surface area (Å²) < 4.78 is 0. The van der Waals surface area contributed by atoms with Crippen LogP contribution in [0.5, 0.6) is 0 Å². The fourth-order valence-corrected chi connectivity index (χ4v) is 12.5. The summed E-state index contributed by atoms with van der Waals surface area (Å²) in [4.78, 5) is 4.63. The van der Waals surface area contributed by atoms with E-state index in [1.54, 1.807) is 0 Å². The lowest BCUT2D eigenvalue weighted by molar-refractivity contribution is 1.28. The minimum absolute atomic E-state index is 1.11. The van der Waals surface area contributed by atoms with Crippen LogP contribution >= 0.6 is 0 Å². The Kier molecular flexibility index (Phi) is 11.6. The number of fused-ring (bicyclic) bond motifs is 10. The van der Waals surface area contributed by atoms with Crippen LogP contribution in [-0.2, 0) is 0 Å². The van der Waals surface area contributed by atoms with Crippen molar-refractivity contribution in [3.8, 4) is 44.5 Å². The zero-order valence-corrected chi connectivity index (χ0v) is 43.9. The van der Waals surface area contributed by atoms with Crippen molar-refractivity contribution in [2.45, 2.75) is 0 Å². The first kappa shape index (κ1) is 46.7. The predicted octanol–water partition coefficient (Wildman–Crippen LogP) is 22.2. The number of hydrogen-bond donors (Lipinski definition) is 0. The Labute approximate surface area is 465 Å². The average molecular weight is 1020 g/mol. The maximum absolute atomic E-state index is 2.44. The zero-order valence-electron chi connectivity index (χ0n) is 43.9. The molecule has 0 aliphatic heterocycles. The number of benzene rings is 15. The van der Waals surface area contributed by atoms with Gasteiger partial charge >= 0.3 is 0 Å². The molecule has 0 bridgehead atoms. The van der Waals surface area contributed by atoms with E-state index in [0.717, 1.165) is 34.1 Å². The highest BCUT2D eigenvalue weighted by molar-refractivity contribution is 6.25. The topological polar surface area (TPSA) is 6.48 Å². The quantitative estimate of drug-likeness (QED) is 0.126. The van der Waals surface area contributed by atoms with Crippen molar-refractivity contribution in [2.75, 3.05) is 9.80 Å². The third-order valence-corrected chi connectivity index (χ3v) is 16.2. The molecule has 0 amide bonds. The standard InChI is InChI=1S/C78H52N2/c1-5-20-57(21-6-1)79(58-22-7-2-8-23-58)61-44-40-53(41-45-61)63-34-19-35-70-71(63)48-49-72-64-28-13-14-29-65(64)73(50-76(70)72)54-36-38-55(39-37-54)74-51-77-69-33-18-16-31-67(69)75(52-78(77)68-32-17-15-30-66(68)74)56-42-46-62(47-43-56)80(59-24-9-3-10-25-59)60-26-11-4-12-27-60/h1-52H. The molecule has 0 saturated carbocycles. The summed E-state index contributed by atoms with van der Waals surface area (Å²) in [5.41, 5.74) is 16.4. The Morgan fingerprint density at radius 1 is 0.138 bits per heavy atom. The minimum Gasteiger partial charge on any atom is -0.311 e. The van der Waals surface area contributed by atoms with E-state index in [9.17, 15) is 0 Å². The first-order chi connectivity index (χ1) is 39.7. The highest BCUT2D eigenvalue weighted by atomic mass is 15.1. The van der Waals surface area contributed by atoms with Crippen LogP contribution in [-0.4, -0.2) is 0 Å². The van der Waals surface area contributed by atoms with Crippen molar-refractivity contribution in [2.24, 2.45) is 0 Å². The summed E-state index contributed by atoms with van der Waals surface area (Å²) in [6.45, 7) is 0. The van der Waals surface area contributed by atoms with E-state index >= 15 is 0 Å². The lowest BCUT2D eigenvalue weighted by Gasteiger charge is -2.25. The summed E-state index contributed by atoms with van der Waals surface area (Å²) in [7, 11) is 0. The second kappa shape index (κ2) is 19.8. The van der Waals surface area contributed by atoms with Crippen molar-refractivity contribution in [1.82, 2.24) is 0 Å². The molecule has 0 aliphatic carbocycles. The van der Waals surface area contributed by atoms with Gasteiger partial charge in [-0.25, -0.2) is 0 Å². The number of rotatable bonds is 10. The van der Waals surface area contributed by atoms with Crippen molar-refractivity contribution in [3.05, 3.63) is 315 Å². The molecule has 2 nitrogen and oxygen atoms in total. The van der Waals surface area contributed by atoms with Crippen LogP contribution in [0.3, 0.4) is 0 Å². The lowest BCUT2D eigenvalue weighted by atomic mass is 9.87. The van der Waals surface area contributed by atoms with Gasteiger partial charge in [0.15, 0.2) is 0 Å². The molecule has 0 spiro atoms. The minimum atomic E-state index is 1.11. The summed E-state index contributed by atoms with van der Waals surface area (Å²) in [6.07, 6.45) is 0. The van der Waals surface area contributed by atoms with E-state index in [0.29, 0.717) is 0 Å². The van der Waals surface area contributed by atoms with E-state index in [1.807, 2.05) is 0 Å². The van der Waals surface area contributed by atoms with Crippen molar-refractivity contribution >= 4 is 98.8 Å². The van der Waals surface area contributed by atoms with Crippen LogP contribution in [0.15, 0.2) is 315 Å². The fourth-order valence-electron chi connectivity index (χ4n) is 12.5. The Morgan fingerprint density at radius 3 is 0.725 bits per heavy atom. The van der Waals surface area contributed by atoms with E-state index in [2.05, 4.69) is 325 Å². The molecular formula is C78H52N2. The summed E-state index contributed by atoms with van der Waals surface area (Å²) >= 11 is 0. The molecule has 0 N–H and O–H groups in total. The normalized spacial score (nSPS) is 11.5. The highest BCUT2D eigenvalue weighted by Crippen LogP contribution is 2.46. The summed E-state index contributed by atoms with van der Waals surface area (Å²) in [5.74, 6) is 0. The Hall–Kier alpha value is -10.5. The molecule has 15 rings (SSSR count). The molecule has 0 atom stereocenters. The van der Waals surface area contributed by atoms with Gasteiger partial charge in [0.25, 0.3) is 0 Å². The second-order valence-electron chi connectivity index (χ2n) is 20.7. The third kappa shape index (κ3) is 8.13. The van der Waals surface area contributed by atoms with Crippen LogP contribution < -0.4 is 9.80 Å². The Balaban J connectivity index is 0.803. The summed E-state index contributed by atoms with van der Waals surface area (Å²) in [6, 6.07) is 115. The molecule has 0 aliphatic rings. The molecule has 15 aromatic carbocycles. The Bertz CT molecular complexity index is 4640. The lowest BCUT2D eigenvalue weighted by Crippen LogP contribution is -2.09. The molecule has 80 heavy (non-hydrogen) atoms. The Morgan fingerprint density at radius 2 is 0.362 bits per heavy atom. The van der Waals surface area contributed by atoms with Crippen molar-refractivity contribution < 1.29 is 0 Å². The highest BCUT2D eigenvalue weighted by Gasteiger charge is 2.19. The number of hydrogen-bond acceptors (Lipinski definition) is 2. The molecule has 2 heteroatoms. The molecule has 374 valence electrons. The van der Waals surface area contributed by atoms with E-state index < -0.39 is 0 Å². The van der Waals surface area contributed by atoms with Gasteiger partial charge in [0.1, 0.15) is 0 Å². The van der Waals surface area contributed by atoms with E-state index in [1.165, 1.54) is 109 Å². The molecule has 0 aromatic heterocycles. The molecule has 0 saturated heterocycles. The predicted molar refractivity (Wildman–Crippen MR) is 343 cm³/mol. The van der Waals surface area contributed by atoms with Crippen LogP contribution in [0.1, 0.15) is 0 Å². The largest absolute Gasteiger partial charge is 0.311 e. The van der Waals surface area contributed by atoms with Gasteiger partial charge in [0.2, 0.25) is 0 Å². The van der Waals surface area contributed by atoms with Crippen LogP contribution in [0.25, 0.3) is 109 Å². The number of para-hydroxylation sites is 4. The smallest absolute Gasteiger partial charge is 0.0462 e. The first-order valence-electron chi connectivity index (χ1n) is 27.6. The SMILES string of the molecule is c1ccc(N(c2ccccc2)c2ccc(-c3cccc4c3ccc3c5ccccc5c(-c5ccc(-c6cc7c8ccccc8c(-c8ccc(N(c9ccccc9)c9ccccc9)cc8)cc7c7ccccc67)cc5)cc43)cc2)cc1. The molecule has 0 unspecified atom stereocenters. The van der Waals surface area contributed by atoms with Crippen molar-refractivity contribution in [1.29, 1.82) is 0 Å². The van der Waals surface area contributed by atoms with Crippen LogP contribution in [0.4, 0.5) is 34.1 Å². The van der Waals surface area contributed by atoms with Gasteiger partial charge in [-0.05, 0) is 200 Å². The third-order valence-electron chi connectivity index (χ3n) is 16.2. The van der Waals surface area contributed by atoms with Gasteiger partial charge in [0.05, 0.1) is 0 Å². The fraction of sp³-hybridized carbons (Fsp3) is 0. The second-order valence-corrected chi connectivity index (χ2v) is 20.7. The van der Waals surface area contributed by atoms with Gasteiger partial charge in [-0.1, -0.05) is 224 Å². The first-order valence-corrected chi connectivity index (χ1v) is 27.6.